The molecule has 24 heavy (non-hydrogen) atoms. The lowest BCUT2D eigenvalue weighted by Gasteiger charge is -2.15. The summed E-state index contributed by atoms with van der Waals surface area (Å²) in [4.78, 5) is 11.3. The molecule has 0 radical (unpaired) electrons. The monoisotopic (exact) mass is 363 g/mol. The lowest BCUT2D eigenvalue weighted by molar-refractivity contribution is -0.140. The number of carbonyl (C=O) groups is 1. The molecule has 0 fully saturated rings. The predicted octanol–water partition coefficient (Wildman–Crippen LogP) is 2.58. The van der Waals surface area contributed by atoms with E-state index in [2.05, 4.69) is 4.18 Å². The zero-order chi connectivity index (χ0) is 18.0. The summed E-state index contributed by atoms with van der Waals surface area (Å²) in [6, 6.07) is 7.11. The summed E-state index contributed by atoms with van der Waals surface area (Å²) >= 11 is 0. The molecule has 1 aromatic heterocycles. The van der Waals surface area contributed by atoms with Crippen LogP contribution in [0.5, 0.6) is 5.75 Å². The molecule has 2 rings (SSSR count). The lowest BCUT2D eigenvalue weighted by atomic mass is 10.1. The lowest BCUT2D eigenvalue weighted by Crippen LogP contribution is -2.28. The Morgan fingerprint density at radius 1 is 1.17 bits per heavy atom. The van der Waals surface area contributed by atoms with Crippen molar-refractivity contribution in [1.82, 2.24) is 4.57 Å². The zero-order valence-electron chi connectivity index (χ0n) is 12.0. The molecular formula is C14H12F3NO5S. The molecule has 0 bridgehead atoms. The van der Waals surface area contributed by atoms with Crippen molar-refractivity contribution in [3.05, 3.63) is 54.4 Å². The summed E-state index contributed by atoms with van der Waals surface area (Å²) in [6.07, 6.45) is 3.22. The molecule has 130 valence electrons. The number of carboxylic acids is 1. The van der Waals surface area contributed by atoms with Crippen molar-refractivity contribution in [3.8, 4) is 5.75 Å². The Balaban J connectivity index is 2.13. The molecule has 0 amide bonds. The first-order chi connectivity index (χ1) is 11.1. The van der Waals surface area contributed by atoms with E-state index in [1.54, 1.807) is 24.5 Å². The van der Waals surface area contributed by atoms with Gasteiger partial charge in [-0.2, -0.15) is 21.6 Å². The number of halogens is 3. The van der Waals surface area contributed by atoms with Gasteiger partial charge in [0.1, 0.15) is 11.8 Å². The van der Waals surface area contributed by atoms with Crippen LogP contribution in [0.1, 0.15) is 11.6 Å². The van der Waals surface area contributed by atoms with E-state index in [0.717, 1.165) is 12.1 Å². The second kappa shape index (κ2) is 6.56. The maximum absolute atomic E-state index is 12.2. The number of alkyl halides is 3. The fraction of sp³-hybridized carbons (Fsp3) is 0.214. The second-order valence-corrected chi connectivity index (χ2v) is 6.35. The van der Waals surface area contributed by atoms with E-state index in [4.69, 9.17) is 0 Å². The summed E-state index contributed by atoms with van der Waals surface area (Å²) in [5, 5.41) is 9.25. The van der Waals surface area contributed by atoms with E-state index in [0.29, 0.717) is 5.56 Å². The highest BCUT2D eigenvalue weighted by molar-refractivity contribution is 7.88. The predicted molar refractivity (Wildman–Crippen MR) is 76.9 cm³/mol. The first-order valence-electron chi connectivity index (χ1n) is 6.55. The highest BCUT2D eigenvalue weighted by Crippen LogP contribution is 2.27. The van der Waals surface area contributed by atoms with E-state index < -0.39 is 33.4 Å². The van der Waals surface area contributed by atoms with Gasteiger partial charge in [-0.3, -0.25) is 0 Å². The maximum atomic E-state index is 12.2. The molecule has 2 aromatic rings. The molecule has 0 spiro atoms. The number of benzene rings is 1. The topological polar surface area (TPSA) is 85.6 Å². The first kappa shape index (κ1) is 17.9. The van der Waals surface area contributed by atoms with Crippen molar-refractivity contribution in [2.24, 2.45) is 0 Å². The Hall–Kier alpha value is -2.49. The number of aliphatic carboxylic acids is 1. The van der Waals surface area contributed by atoms with Crippen LogP contribution in [0, 0.1) is 0 Å². The molecular weight excluding hydrogens is 351 g/mol. The van der Waals surface area contributed by atoms with Crippen molar-refractivity contribution in [2.45, 2.75) is 18.0 Å². The minimum Gasteiger partial charge on any atom is -0.480 e. The van der Waals surface area contributed by atoms with Crippen LogP contribution >= 0.6 is 0 Å². The minimum absolute atomic E-state index is 0.0658. The second-order valence-electron chi connectivity index (χ2n) is 4.82. The molecule has 0 aliphatic rings. The summed E-state index contributed by atoms with van der Waals surface area (Å²) in [6.45, 7) is 0. The van der Waals surface area contributed by atoms with Crippen LogP contribution in [0.3, 0.4) is 0 Å². The van der Waals surface area contributed by atoms with Crippen molar-refractivity contribution in [3.63, 3.8) is 0 Å². The number of hydrogen-bond donors (Lipinski definition) is 1. The fourth-order valence-corrected chi connectivity index (χ4v) is 2.41. The van der Waals surface area contributed by atoms with Crippen LogP contribution in [0.25, 0.3) is 0 Å². The number of nitrogens with zero attached hydrogens (tertiary/aromatic N) is 1. The normalized spacial score (nSPS) is 13.5. The van der Waals surface area contributed by atoms with Gasteiger partial charge < -0.3 is 13.9 Å². The highest BCUT2D eigenvalue weighted by atomic mass is 32.2. The van der Waals surface area contributed by atoms with Crippen LogP contribution in [0.4, 0.5) is 13.2 Å². The van der Waals surface area contributed by atoms with Crippen LogP contribution in [-0.2, 0) is 21.3 Å². The molecule has 6 nitrogen and oxygen atoms in total. The zero-order valence-corrected chi connectivity index (χ0v) is 12.8. The van der Waals surface area contributed by atoms with Crippen molar-refractivity contribution in [1.29, 1.82) is 0 Å². The molecule has 1 atom stereocenters. The quantitative estimate of drug-likeness (QED) is 0.630. The van der Waals surface area contributed by atoms with Crippen molar-refractivity contribution >= 4 is 16.1 Å². The average Bonchev–Trinajstić information content (AvgIpc) is 2.98. The van der Waals surface area contributed by atoms with E-state index in [9.17, 15) is 31.5 Å². The van der Waals surface area contributed by atoms with Gasteiger partial charge in [-0.25, -0.2) is 4.79 Å². The summed E-state index contributed by atoms with van der Waals surface area (Å²) in [5.41, 5.74) is -5.03. The van der Waals surface area contributed by atoms with Gasteiger partial charge >= 0.3 is 21.6 Å². The van der Waals surface area contributed by atoms with Gasteiger partial charge in [0.15, 0.2) is 0 Å². The van der Waals surface area contributed by atoms with E-state index >= 15 is 0 Å². The number of aromatic nitrogens is 1. The number of hydrogen-bond acceptors (Lipinski definition) is 4. The number of rotatable bonds is 6. The smallest absolute Gasteiger partial charge is 0.480 e. The summed E-state index contributed by atoms with van der Waals surface area (Å²) in [5.74, 6) is -1.59. The molecule has 0 saturated carbocycles. The Kier molecular flexibility index (Phi) is 4.88. The highest BCUT2D eigenvalue weighted by Gasteiger charge is 2.48. The van der Waals surface area contributed by atoms with Gasteiger partial charge in [-0.15, -0.1) is 0 Å². The molecule has 10 heteroatoms. The third-order valence-electron chi connectivity index (χ3n) is 3.11. The Labute approximate surface area is 135 Å². The number of carboxylic acid groups (broad SMARTS) is 1. The molecule has 0 unspecified atom stereocenters. The largest absolute Gasteiger partial charge is 0.534 e. The van der Waals surface area contributed by atoms with Crippen molar-refractivity contribution < 1.29 is 35.7 Å². The van der Waals surface area contributed by atoms with Gasteiger partial charge in [0.2, 0.25) is 0 Å². The van der Waals surface area contributed by atoms with Gasteiger partial charge in [0.05, 0.1) is 0 Å². The minimum atomic E-state index is -5.73. The standard InChI is InChI=1S/C14H12F3NO5S/c15-14(16,17)24(21,22)23-11-5-3-10(4-6-11)9-12(13(19)20)18-7-1-2-8-18/h1-8,12H,9H2,(H,19,20)/t12-/m0/s1. The van der Waals surface area contributed by atoms with Crippen molar-refractivity contribution in [2.75, 3.05) is 0 Å². The van der Waals surface area contributed by atoms with Gasteiger partial charge in [-0.05, 0) is 29.8 Å². The Morgan fingerprint density at radius 2 is 1.71 bits per heavy atom. The van der Waals surface area contributed by atoms with Gasteiger partial charge in [0.25, 0.3) is 0 Å². The Bertz CT molecular complexity index is 798. The van der Waals surface area contributed by atoms with Gasteiger partial charge in [0, 0.05) is 18.8 Å². The summed E-state index contributed by atoms with van der Waals surface area (Å²) < 4.78 is 64.0. The third kappa shape index (κ3) is 4.07. The van der Waals surface area contributed by atoms with E-state index in [1.807, 2.05) is 0 Å². The maximum Gasteiger partial charge on any atom is 0.534 e. The third-order valence-corrected chi connectivity index (χ3v) is 4.09. The van der Waals surface area contributed by atoms with Crippen LogP contribution in [0.2, 0.25) is 0 Å². The SMILES string of the molecule is O=C(O)[C@H](Cc1ccc(OS(=O)(=O)C(F)(F)F)cc1)n1cccc1. The molecule has 1 aromatic carbocycles. The van der Waals surface area contributed by atoms with Crippen LogP contribution in [-0.4, -0.2) is 29.6 Å². The molecule has 0 aliphatic carbocycles. The molecule has 1 heterocycles. The average molecular weight is 363 g/mol. The first-order valence-corrected chi connectivity index (χ1v) is 7.96. The van der Waals surface area contributed by atoms with Gasteiger partial charge in [-0.1, -0.05) is 12.1 Å². The van der Waals surface area contributed by atoms with E-state index in [1.165, 1.54) is 16.7 Å². The molecule has 1 N–H and O–H groups in total. The van der Waals surface area contributed by atoms with Crippen LogP contribution in [0.15, 0.2) is 48.8 Å². The molecule has 0 saturated heterocycles. The summed E-state index contributed by atoms with van der Waals surface area (Å²) in [7, 11) is -5.73. The Morgan fingerprint density at radius 3 is 2.17 bits per heavy atom. The van der Waals surface area contributed by atoms with E-state index in [-0.39, 0.29) is 6.42 Å². The fourth-order valence-electron chi connectivity index (χ4n) is 1.95. The molecule has 0 aliphatic heterocycles. The van der Waals surface area contributed by atoms with Crippen LogP contribution < -0.4 is 4.18 Å².